The van der Waals surface area contributed by atoms with Gasteiger partial charge in [-0.3, -0.25) is 9.59 Å². The average Bonchev–Trinajstić information content (AvgIpc) is 3.28. The molecule has 8 heteroatoms. The van der Waals surface area contributed by atoms with E-state index in [0.717, 1.165) is 0 Å². The molecule has 2 aromatic heterocycles. The molecule has 0 aliphatic heterocycles. The summed E-state index contributed by atoms with van der Waals surface area (Å²) in [6.07, 6.45) is 0. The number of methoxy groups -OCH3 is 2. The van der Waals surface area contributed by atoms with Gasteiger partial charge < -0.3 is 18.9 Å². The highest BCUT2D eigenvalue weighted by molar-refractivity contribution is 7.12. The van der Waals surface area contributed by atoms with Crippen LogP contribution in [-0.2, 0) is 16.5 Å². The molecule has 2 heterocycles. The maximum atomic E-state index is 13.3. The molecule has 0 fully saturated rings. The van der Waals surface area contributed by atoms with Crippen LogP contribution in [0.15, 0.2) is 17.5 Å². The second-order valence-corrected chi connectivity index (χ2v) is 7.44. The Labute approximate surface area is 168 Å². The van der Waals surface area contributed by atoms with Crippen molar-refractivity contribution in [3.8, 4) is 0 Å². The van der Waals surface area contributed by atoms with Gasteiger partial charge in [-0.15, -0.1) is 11.3 Å². The van der Waals surface area contributed by atoms with E-state index in [1.807, 2.05) is 5.38 Å². The molecule has 1 atom stereocenters. The van der Waals surface area contributed by atoms with Gasteiger partial charge >= 0.3 is 5.97 Å². The monoisotopic (exact) mass is 406 g/mol. The van der Waals surface area contributed by atoms with E-state index in [1.165, 1.54) is 23.3 Å². The van der Waals surface area contributed by atoms with Crippen molar-refractivity contribution in [1.82, 2.24) is 9.47 Å². The van der Waals surface area contributed by atoms with Crippen LogP contribution >= 0.6 is 11.3 Å². The Hall–Kier alpha value is -2.45. The van der Waals surface area contributed by atoms with Crippen LogP contribution in [0.5, 0.6) is 0 Å². The van der Waals surface area contributed by atoms with Crippen molar-refractivity contribution in [1.29, 1.82) is 0 Å². The number of ether oxygens (including phenoxy) is 2. The molecule has 0 aliphatic carbocycles. The summed E-state index contributed by atoms with van der Waals surface area (Å²) in [6.45, 7) is 5.80. The lowest BCUT2D eigenvalue weighted by Crippen LogP contribution is -2.45. The topological polar surface area (TPSA) is 77.8 Å². The largest absolute Gasteiger partial charge is 0.464 e. The van der Waals surface area contributed by atoms with Crippen molar-refractivity contribution in [3.05, 3.63) is 44.9 Å². The molecule has 0 spiro atoms. The number of hydrogen-bond acceptors (Lipinski definition) is 6. The highest BCUT2D eigenvalue weighted by Gasteiger charge is 2.32. The number of aromatic nitrogens is 1. The minimum atomic E-state index is -0.713. The molecule has 2 rings (SSSR count). The maximum absolute atomic E-state index is 13.3. The molecule has 0 N–H and O–H groups in total. The van der Waals surface area contributed by atoms with Gasteiger partial charge in [0.1, 0.15) is 5.69 Å². The number of esters is 1. The highest BCUT2D eigenvalue weighted by atomic mass is 32.1. The SMILES string of the molecule is COCCN(C(=O)c1cccs1)[C@@H](C)C(=O)c1c(C)c(C(=O)OC)n(C)c1C. The predicted molar refractivity (Wildman–Crippen MR) is 107 cm³/mol. The first-order valence-electron chi connectivity index (χ1n) is 8.88. The quantitative estimate of drug-likeness (QED) is 0.498. The van der Waals surface area contributed by atoms with E-state index in [4.69, 9.17) is 9.47 Å². The van der Waals surface area contributed by atoms with Gasteiger partial charge in [0.2, 0.25) is 0 Å². The third-order valence-corrected chi connectivity index (χ3v) is 5.79. The van der Waals surface area contributed by atoms with E-state index in [1.54, 1.807) is 51.6 Å². The van der Waals surface area contributed by atoms with Gasteiger partial charge in [-0.25, -0.2) is 4.79 Å². The second kappa shape index (κ2) is 9.16. The van der Waals surface area contributed by atoms with Gasteiger partial charge in [-0.05, 0) is 37.8 Å². The summed E-state index contributed by atoms with van der Waals surface area (Å²) in [7, 11) is 4.57. The van der Waals surface area contributed by atoms with Crippen molar-refractivity contribution in [2.24, 2.45) is 7.05 Å². The number of rotatable bonds is 8. The second-order valence-electron chi connectivity index (χ2n) is 6.49. The molecule has 0 saturated heterocycles. The lowest BCUT2D eigenvalue weighted by Gasteiger charge is -2.28. The molecule has 0 unspecified atom stereocenters. The molecule has 0 radical (unpaired) electrons. The summed E-state index contributed by atoms with van der Waals surface area (Å²) < 4.78 is 11.6. The molecule has 28 heavy (non-hydrogen) atoms. The van der Waals surface area contributed by atoms with E-state index < -0.39 is 12.0 Å². The highest BCUT2D eigenvalue weighted by Crippen LogP contribution is 2.25. The van der Waals surface area contributed by atoms with Crippen molar-refractivity contribution >= 4 is 29.0 Å². The number of carbonyl (C=O) groups excluding carboxylic acids is 3. The summed E-state index contributed by atoms with van der Waals surface area (Å²) in [4.78, 5) is 40.5. The van der Waals surface area contributed by atoms with Gasteiger partial charge in [-0.2, -0.15) is 0 Å². The number of hydrogen-bond donors (Lipinski definition) is 0. The van der Waals surface area contributed by atoms with Crippen molar-refractivity contribution in [2.45, 2.75) is 26.8 Å². The van der Waals surface area contributed by atoms with Crippen LogP contribution in [0.1, 0.15) is 48.7 Å². The minimum Gasteiger partial charge on any atom is -0.464 e. The zero-order valence-electron chi connectivity index (χ0n) is 17.1. The molecular weight excluding hydrogens is 380 g/mol. The van der Waals surface area contributed by atoms with Crippen LogP contribution in [0.3, 0.4) is 0 Å². The molecule has 0 bridgehead atoms. The van der Waals surface area contributed by atoms with Crippen molar-refractivity contribution < 1.29 is 23.9 Å². The fraction of sp³-hybridized carbons (Fsp3) is 0.450. The number of amides is 1. The van der Waals surface area contributed by atoms with Gasteiger partial charge in [0, 0.05) is 32.0 Å². The summed E-state index contributed by atoms with van der Waals surface area (Å²) in [5.74, 6) is -0.935. The fourth-order valence-electron chi connectivity index (χ4n) is 3.28. The van der Waals surface area contributed by atoms with Crippen LogP contribution in [0.2, 0.25) is 0 Å². The molecular formula is C20H26N2O5S. The molecule has 7 nitrogen and oxygen atoms in total. The molecule has 1 amide bonds. The lowest BCUT2D eigenvalue weighted by atomic mass is 9.99. The third kappa shape index (κ3) is 4.02. The molecule has 152 valence electrons. The number of nitrogens with zero attached hydrogens (tertiary/aromatic N) is 2. The first kappa shape index (κ1) is 21.8. The Morgan fingerprint density at radius 1 is 1.25 bits per heavy atom. The Balaban J connectivity index is 2.43. The van der Waals surface area contributed by atoms with E-state index in [0.29, 0.717) is 34.0 Å². The Bertz CT molecular complexity index is 870. The number of Topliss-reactive ketones (excluding diaryl/α,β-unsaturated/α-hetero) is 1. The van der Waals surface area contributed by atoms with E-state index >= 15 is 0 Å². The van der Waals surface area contributed by atoms with Gasteiger partial charge in [-0.1, -0.05) is 6.07 Å². The maximum Gasteiger partial charge on any atom is 0.354 e. The normalized spacial score (nSPS) is 11.9. The number of thiophene rings is 1. The van der Waals surface area contributed by atoms with Crippen LogP contribution in [0.25, 0.3) is 0 Å². The molecule has 0 aromatic carbocycles. The fourth-order valence-corrected chi connectivity index (χ4v) is 3.96. The third-order valence-electron chi connectivity index (χ3n) is 4.93. The first-order chi connectivity index (χ1) is 13.3. The van der Waals surface area contributed by atoms with Crippen molar-refractivity contribution in [3.63, 3.8) is 0 Å². The van der Waals surface area contributed by atoms with Gasteiger partial charge in [0.05, 0.1) is 24.6 Å². The first-order valence-corrected chi connectivity index (χ1v) is 9.75. The smallest absolute Gasteiger partial charge is 0.354 e. The summed E-state index contributed by atoms with van der Waals surface area (Å²) in [5.41, 5.74) is 1.99. The van der Waals surface area contributed by atoms with Gasteiger partial charge in [0.15, 0.2) is 5.78 Å². The van der Waals surface area contributed by atoms with E-state index in [9.17, 15) is 14.4 Å². The molecule has 0 aliphatic rings. The van der Waals surface area contributed by atoms with E-state index in [-0.39, 0.29) is 18.2 Å². The zero-order chi connectivity index (χ0) is 21.0. The van der Waals surface area contributed by atoms with E-state index in [2.05, 4.69) is 0 Å². The van der Waals surface area contributed by atoms with Crippen LogP contribution in [-0.4, -0.2) is 60.5 Å². The number of carbonyl (C=O) groups is 3. The lowest BCUT2D eigenvalue weighted by molar-refractivity contribution is 0.0566. The number of ketones is 1. The molecule has 2 aromatic rings. The Kier molecular flexibility index (Phi) is 7.15. The van der Waals surface area contributed by atoms with Crippen molar-refractivity contribution in [2.75, 3.05) is 27.4 Å². The Morgan fingerprint density at radius 2 is 1.93 bits per heavy atom. The van der Waals surface area contributed by atoms with Crippen LogP contribution < -0.4 is 0 Å². The minimum absolute atomic E-state index is 0.215. The predicted octanol–water partition coefficient (Wildman–Crippen LogP) is 2.85. The summed E-state index contributed by atoms with van der Waals surface area (Å²) in [5, 5.41) is 1.82. The zero-order valence-corrected chi connectivity index (χ0v) is 17.9. The van der Waals surface area contributed by atoms with Gasteiger partial charge in [0.25, 0.3) is 5.91 Å². The molecule has 0 saturated carbocycles. The average molecular weight is 407 g/mol. The standard InChI is InChI=1S/C20H26N2O5S/c1-12-16(13(2)21(4)17(12)20(25)27-6)18(23)14(3)22(9-10-26-5)19(24)15-8-7-11-28-15/h7-8,11,14H,9-10H2,1-6H3/t14-/m0/s1. The Morgan fingerprint density at radius 3 is 2.46 bits per heavy atom. The van der Waals surface area contributed by atoms with Crippen LogP contribution in [0, 0.1) is 13.8 Å². The summed E-state index contributed by atoms with van der Waals surface area (Å²) in [6, 6.07) is 2.82. The van der Waals surface area contributed by atoms with Crippen LogP contribution in [0.4, 0.5) is 0 Å². The summed E-state index contributed by atoms with van der Waals surface area (Å²) >= 11 is 1.33.